The lowest BCUT2D eigenvalue weighted by Crippen LogP contribution is -2.58. The number of amides is 4. The summed E-state index contributed by atoms with van der Waals surface area (Å²) in [6.45, 7) is 6.73. The molecule has 0 spiro atoms. The summed E-state index contributed by atoms with van der Waals surface area (Å²) in [6.07, 6.45) is 2.24. The number of rotatable bonds is 11. The fourth-order valence-corrected chi connectivity index (χ4v) is 8.36. The van der Waals surface area contributed by atoms with Gasteiger partial charge in [-0.2, -0.15) is 0 Å². The number of nitrogens with zero attached hydrogens (tertiary/aromatic N) is 2. The van der Waals surface area contributed by atoms with Gasteiger partial charge in [0.15, 0.2) is 5.01 Å². The lowest BCUT2D eigenvalue weighted by atomic mass is 9.77. The number of carbonyl (C=O) groups is 5. The van der Waals surface area contributed by atoms with Crippen molar-refractivity contribution in [2.45, 2.75) is 64.6 Å². The zero-order valence-electron chi connectivity index (χ0n) is 28.6. The molecule has 3 aliphatic rings. The van der Waals surface area contributed by atoms with Gasteiger partial charge >= 0.3 is 0 Å². The second kappa shape index (κ2) is 13.2. The number of hydrogen-bond acceptors (Lipinski definition) is 8. The number of methoxy groups -OCH3 is 1. The lowest BCUT2D eigenvalue weighted by Gasteiger charge is -2.35. The summed E-state index contributed by atoms with van der Waals surface area (Å²) in [5.74, 6) is -1.64. The molecule has 13 heteroatoms. The smallest absolute Gasteiger partial charge is 0.268 e. The minimum Gasteiger partial charge on any atom is -0.496 e. The van der Waals surface area contributed by atoms with Crippen molar-refractivity contribution in [3.63, 3.8) is 0 Å². The number of H-pyrrole nitrogens is 1. The third-order valence-corrected chi connectivity index (χ3v) is 11.9. The van der Waals surface area contributed by atoms with Crippen molar-refractivity contribution < 1.29 is 28.7 Å². The number of thiazole rings is 1. The third-order valence-electron chi connectivity index (χ3n) is 10.8. The molecule has 5 atom stereocenters. The third kappa shape index (κ3) is 6.23. The van der Waals surface area contributed by atoms with E-state index in [-0.39, 0.29) is 40.9 Å². The second-order valence-corrected chi connectivity index (χ2v) is 15.5. The number of para-hydroxylation sites is 1. The molecule has 2 aromatic heterocycles. The Labute approximate surface area is 293 Å². The molecule has 50 heavy (non-hydrogen) atoms. The zero-order valence-corrected chi connectivity index (χ0v) is 29.4. The molecule has 3 fully saturated rings. The molecule has 1 saturated carbocycles. The molecule has 7 rings (SSSR count). The number of hydrogen-bond donors (Lipinski definition) is 4. The Hall–Kier alpha value is -4.78. The highest BCUT2D eigenvalue weighted by Gasteiger charge is 2.54. The fraction of sp³-hybridized carbons (Fsp3) is 0.459. The first kappa shape index (κ1) is 33.7. The number of aromatic amines is 1. The van der Waals surface area contributed by atoms with Crippen LogP contribution in [-0.4, -0.2) is 82.6 Å². The number of carbonyl (C=O) groups excluding carboxylic acids is 5. The van der Waals surface area contributed by atoms with Gasteiger partial charge in [0, 0.05) is 29.9 Å². The zero-order chi connectivity index (χ0) is 35.3. The van der Waals surface area contributed by atoms with Gasteiger partial charge in [-0.05, 0) is 73.3 Å². The molecule has 4 heterocycles. The van der Waals surface area contributed by atoms with Crippen LogP contribution in [0.5, 0.6) is 5.75 Å². The van der Waals surface area contributed by atoms with E-state index in [4.69, 9.17) is 4.74 Å². The number of benzene rings is 2. The van der Waals surface area contributed by atoms with Crippen molar-refractivity contribution in [2.24, 2.45) is 23.2 Å². The highest BCUT2D eigenvalue weighted by molar-refractivity contribution is 7.20. The summed E-state index contributed by atoms with van der Waals surface area (Å²) in [5, 5.41) is 9.80. The van der Waals surface area contributed by atoms with Crippen LogP contribution in [0.1, 0.15) is 66.7 Å². The van der Waals surface area contributed by atoms with Gasteiger partial charge in [0.2, 0.25) is 23.5 Å². The Bertz CT molecular complexity index is 1960. The SMILES string of the molecule is COc1cccc2[nH]c(C(=O)NC(C(=O)N3C[C@@H](C)C(C)(C)[C@H]3C(=O)N[C@@H](C[C@@H]3CCNC3=O)C(=O)c3nc4ccccc4s3)C3CC3)cc12. The Kier molecular flexibility index (Phi) is 8.87. The number of likely N-dealkylation sites (tertiary alicyclic amines) is 1. The Balaban J connectivity index is 1.14. The molecule has 2 saturated heterocycles. The van der Waals surface area contributed by atoms with Crippen molar-refractivity contribution in [3.8, 4) is 5.75 Å². The Morgan fingerprint density at radius 1 is 1.08 bits per heavy atom. The summed E-state index contributed by atoms with van der Waals surface area (Å²) >= 11 is 1.25. The van der Waals surface area contributed by atoms with E-state index >= 15 is 0 Å². The van der Waals surface area contributed by atoms with E-state index in [1.54, 1.807) is 18.1 Å². The number of nitrogens with one attached hydrogen (secondary N) is 4. The van der Waals surface area contributed by atoms with Crippen molar-refractivity contribution >= 4 is 61.9 Å². The van der Waals surface area contributed by atoms with Gasteiger partial charge in [0.1, 0.15) is 23.5 Å². The molecule has 0 radical (unpaired) electrons. The maximum atomic E-state index is 14.4. The summed E-state index contributed by atoms with van der Waals surface area (Å²) in [4.78, 5) is 78.4. The van der Waals surface area contributed by atoms with Crippen molar-refractivity contribution in [2.75, 3.05) is 20.2 Å². The summed E-state index contributed by atoms with van der Waals surface area (Å²) in [5.41, 5.74) is 1.08. The van der Waals surface area contributed by atoms with E-state index in [0.29, 0.717) is 36.5 Å². The average Bonchev–Trinajstić information content (AvgIpc) is 3.38. The van der Waals surface area contributed by atoms with E-state index in [1.165, 1.54) is 11.3 Å². The largest absolute Gasteiger partial charge is 0.496 e. The van der Waals surface area contributed by atoms with E-state index < -0.39 is 41.3 Å². The van der Waals surface area contributed by atoms with Crippen LogP contribution < -0.4 is 20.7 Å². The van der Waals surface area contributed by atoms with Crippen LogP contribution in [-0.2, 0) is 14.4 Å². The molecule has 2 aliphatic heterocycles. The van der Waals surface area contributed by atoms with E-state index in [1.807, 2.05) is 63.2 Å². The van der Waals surface area contributed by atoms with E-state index in [2.05, 4.69) is 25.9 Å². The molecule has 1 aliphatic carbocycles. The van der Waals surface area contributed by atoms with Crippen LogP contribution in [0.2, 0.25) is 0 Å². The molecule has 4 aromatic rings. The molecular formula is C37H42N6O6S. The molecule has 4 N–H and O–H groups in total. The highest BCUT2D eigenvalue weighted by atomic mass is 32.1. The predicted octanol–water partition coefficient (Wildman–Crippen LogP) is 4.06. The van der Waals surface area contributed by atoms with Crippen molar-refractivity contribution in [1.82, 2.24) is 30.8 Å². The average molecular weight is 699 g/mol. The predicted molar refractivity (Wildman–Crippen MR) is 189 cm³/mol. The maximum Gasteiger partial charge on any atom is 0.268 e. The first-order valence-corrected chi connectivity index (χ1v) is 18.0. The minimum atomic E-state index is -1.02. The number of ketones is 1. The summed E-state index contributed by atoms with van der Waals surface area (Å²) in [6, 6.07) is 11.9. The molecule has 2 aromatic carbocycles. The van der Waals surface area contributed by atoms with Gasteiger partial charge in [0.05, 0.1) is 23.4 Å². The van der Waals surface area contributed by atoms with Crippen molar-refractivity contribution in [1.29, 1.82) is 0 Å². The molecule has 1 unspecified atom stereocenters. The molecule has 262 valence electrons. The Morgan fingerprint density at radius 3 is 2.56 bits per heavy atom. The van der Waals surface area contributed by atoms with Crippen LogP contribution in [0.4, 0.5) is 0 Å². The summed E-state index contributed by atoms with van der Waals surface area (Å²) in [7, 11) is 1.57. The van der Waals surface area contributed by atoms with Crippen LogP contribution in [0.25, 0.3) is 21.1 Å². The minimum absolute atomic E-state index is 0.0534. The van der Waals surface area contributed by atoms with Crippen LogP contribution >= 0.6 is 11.3 Å². The summed E-state index contributed by atoms with van der Waals surface area (Å²) < 4.78 is 6.30. The number of fused-ring (bicyclic) bond motifs is 2. The molecule has 0 bridgehead atoms. The fourth-order valence-electron chi connectivity index (χ4n) is 7.40. The van der Waals surface area contributed by atoms with Gasteiger partial charge in [-0.15, -0.1) is 11.3 Å². The van der Waals surface area contributed by atoms with Gasteiger partial charge in [-0.1, -0.05) is 39.0 Å². The first-order valence-electron chi connectivity index (χ1n) is 17.2. The molecular weight excluding hydrogens is 657 g/mol. The van der Waals surface area contributed by atoms with Crippen LogP contribution in [0.3, 0.4) is 0 Å². The number of aromatic nitrogens is 2. The normalized spacial score (nSPS) is 22.7. The van der Waals surface area contributed by atoms with Gasteiger partial charge in [-0.3, -0.25) is 24.0 Å². The molecule has 4 amide bonds. The number of Topliss-reactive ketones (excluding diaryl/α,β-unsaturated/α-hetero) is 1. The highest BCUT2D eigenvalue weighted by Crippen LogP contribution is 2.43. The number of ether oxygens (including phenoxy) is 1. The van der Waals surface area contributed by atoms with Crippen LogP contribution in [0.15, 0.2) is 48.5 Å². The second-order valence-electron chi connectivity index (χ2n) is 14.4. The maximum absolute atomic E-state index is 14.4. The molecule has 12 nitrogen and oxygen atoms in total. The van der Waals surface area contributed by atoms with Gasteiger partial charge in [-0.25, -0.2) is 4.98 Å². The lowest BCUT2D eigenvalue weighted by molar-refractivity contribution is -0.142. The van der Waals surface area contributed by atoms with Crippen LogP contribution in [0, 0.1) is 23.2 Å². The van der Waals surface area contributed by atoms with Gasteiger partial charge < -0.3 is 30.6 Å². The Morgan fingerprint density at radius 2 is 1.86 bits per heavy atom. The van der Waals surface area contributed by atoms with Gasteiger partial charge in [0.25, 0.3) is 5.91 Å². The van der Waals surface area contributed by atoms with E-state index in [9.17, 15) is 24.0 Å². The quantitative estimate of drug-likeness (QED) is 0.172. The monoisotopic (exact) mass is 698 g/mol. The topological polar surface area (TPSA) is 163 Å². The van der Waals surface area contributed by atoms with E-state index in [0.717, 1.165) is 28.4 Å². The standard InChI is InChI=1S/C37H42N6O6S/c1-19-18-43(36(48)29(20-12-13-20)42-33(46)26-17-22-23(39-26)9-7-10-27(22)49-4)31(37(19,2)3)34(47)40-25(16-21-14-15-38-32(21)45)30(44)35-41-24-8-5-6-11-28(24)50-35/h5-11,17,19-21,25,29,31,39H,12-16,18H2,1-4H3,(H,38,45)(H,40,47)(H,42,46)/t19-,21+,25+,29?,31-/m1/s1. The first-order chi connectivity index (χ1) is 24.0. The van der Waals surface area contributed by atoms with Crippen molar-refractivity contribution in [3.05, 3.63) is 59.2 Å².